The summed E-state index contributed by atoms with van der Waals surface area (Å²) < 4.78 is 62.6. The van der Waals surface area contributed by atoms with Gasteiger partial charge in [0, 0.05) is 37.1 Å². The van der Waals surface area contributed by atoms with Gasteiger partial charge in [0.15, 0.2) is 22.8 Å². The summed E-state index contributed by atoms with van der Waals surface area (Å²) >= 11 is 0.942. The number of ketones is 1. The van der Waals surface area contributed by atoms with E-state index >= 15 is 0 Å². The molecular weight excluding hydrogens is 1200 g/mol. The molecule has 0 aliphatic carbocycles. The first-order chi connectivity index (χ1) is 40.9. The number of aliphatic hydroxyl groups is 2. The lowest BCUT2D eigenvalue weighted by Crippen LogP contribution is -2.46. The van der Waals surface area contributed by atoms with Crippen molar-refractivity contribution in [3.63, 3.8) is 0 Å². The molecule has 486 valence electrons. The van der Waals surface area contributed by atoms with E-state index in [1.807, 2.05) is 0 Å². The number of phosphoric ester groups is 3. The number of allylic oxidation sites excluding steroid dienone is 10. The number of hydrogen-bond acceptors (Lipinski definition) is 19. The van der Waals surface area contributed by atoms with Crippen LogP contribution in [-0.4, -0.2) is 128 Å². The number of unbranched alkanes of at least 4 members (excludes halogenated alkanes) is 15. The number of aliphatic hydroxyl groups excluding tert-OH is 2. The van der Waals surface area contributed by atoms with Crippen molar-refractivity contribution in [3.05, 3.63) is 73.4 Å². The van der Waals surface area contributed by atoms with E-state index in [1.54, 1.807) is 0 Å². The molecule has 3 heterocycles. The third-order valence-corrected chi connectivity index (χ3v) is 17.6. The molecule has 86 heavy (non-hydrogen) atoms. The Bertz CT molecular complexity index is 2650. The van der Waals surface area contributed by atoms with Crippen molar-refractivity contribution < 1.29 is 85.3 Å². The lowest BCUT2D eigenvalue weighted by Gasteiger charge is -2.30. The number of nitrogens with one attached hydrogen (secondary N) is 2. The van der Waals surface area contributed by atoms with Crippen LogP contribution in [0.4, 0.5) is 5.82 Å². The number of Topliss-reactive ketones (excluding diaryl/α,β-unsaturated/α-hetero) is 1. The molecule has 10 N–H and O–H groups in total. The summed E-state index contributed by atoms with van der Waals surface area (Å²) in [5.74, 6) is -1.40. The van der Waals surface area contributed by atoms with E-state index in [-0.39, 0.29) is 59.6 Å². The van der Waals surface area contributed by atoms with Crippen LogP contribution in [0.3, 0.4) is 0 Å². The van der Waals surface area contributed by atoms with Gasteiger partial charge in [-0.25, -0.2) is 28.6 Å². The molecule has 0 spiro atoms. The van der Waals surface area contributed by atoms with E-state index in [1.165, 1.54) is 90.9 Å². The molecule has 1 fully saturated rings. The number of hydrogen-bond donors (Lipinski definition) is 9. The van der Waals surface area contributed by atoms with E-state index in [4.69, 9.17) is 19.5 Å². The van der Waals surface area contributed by atoms with Gasteiger partial charge in [0.05, 0.1) is 26.0 Å². The smallest absolute Gasteiger partial charge is 0.386 e. The maximum Gasteiger partial charge on any atom is 0.481 e. The molecule has 0 aromatic carbocycles. The molecule has 2 amide bonds. The van der Waals surface area contributed by atoms with Crippen molar-refractivity contribution in [3.8, 4) is 0 Å². The summed E-state index contributed by atoms with van der Waals surface area (Å²) in [7, 11) is -16.5. The van der Waals surface area contributed by atoms with E-state index in [9.17, 15) is 62.7 Å². The van der Waals surface area contributed by atoms with Gasteiger partial charge in [-0.15, -0.1) is 0 Å². The third kappa shape index (κ3) is 33.0. The maximum absolute atomic E-state index is 12.8. The lowest BCUT2D eigenvalue weighted by atomic mass is 9.87. The summed E-state index contributed by atoms with van der Waals surface area (Å²) in [6.45, 7) is 2.49. The molecule has 2 unspecified atom stereocenters. The fourth-order valence-corrected chi connectivity index (χ4v) is 12.4. The van der Waals surface area contributed by atoms with E-state index < -0.39 is 84.6 Å². The van der Waals surface area contributed by atoms with Gasteiger partial charge < -0.3 is 50.9 Å². The van der Waals surface area contributed by atoms with Crippen molar-refractivity contribution in [2.75, 3.05) is 37.8 Å². The number of aromatic nitrogens is 4. The summed E-state index contributed by atoms with van der Waals surface area (Å²) in [4.78, 5) is 101. The fraction of sp³-hybridized carbons (Fsp3) is 0.667. The number of thioether (sulfide) groups is 1. The number of carbonyl (C=O) groups is 4. The number of ether oxygens (including phenoxy) is 1. The Labute approximate surface area is 510 Å². The topological polar surface area (TPSA) is 381 Å². The number of imidazole rings is 1. The van der Waals surface area contributed by atoms with Crippen molar-refractivity contribution in [1.29, 1.82) is 0 Å². The molecular formula is C57H94N7O18P3S. The van der Waals surface area contributed by atoms with Gasteiger partial charge in [-0.2, -0.15) is 4.31 Å². The summed E-state index contributed by atoms with van der Waals surface area (Å²) in [6, 6.07) is 0. The highest BCUT2D eigenvalue weighted by atomic mass is 32.2. The van der Waals surface area contributed by atoms with Gasteiger partial charge in [-0.05, 0) is 51.4 Å². The van der Waals surface area contributed by atoms with Gasteiger partial charge in [0.1, 0.15) is 42.0 Å². The van der Waals surface area contributed by atoms with E-state index in [0.717, 1.165) is 86.8 Å². The molecule has 25 nitrogen and oxygen atoms in total. The standard InChI is InChI=1S/C57H94N7O18P3S/c1-4-5-6-7-8-9-10-11-12-13-14-15-16-17-18-19-20-21-22-23-24-25-26-27-28-29-30-31-32-33-34-35-45(65)40-48(67)86-39-38-59-47(66)36-37-60-55(70)52(69)57(2,3)42-79-85(76,77)82-84(74,75)78-41-46-51(81-83(71,72)73)50(68)56(80-46)64-44-63-49-53(58)61-43-62-54(49)64/h5-6,8-9,11-12,14-15,17-18,43-44,46,50-52,56,68-69H,4,7,10,13,16,19-42H2,1-3H3,(H,59,66)(H,60,70)(H,74,75)(H,76,77)(H2,58,61,62)(H2,71,72,73)/b6-5-,9-8-,12-11-,15-14-,18-17-/t46-,50-,51-,52+,56-/m1/s1. The average Bonchev–Trinajstić information content (AvgIpc) is 1.67. The number of fused-ring (bicyclic) bond motifs is 1. The zero-order valence-electron chi connectivity index (χ0n) is 50.0. The van der Waals surface area contributed by atoms with Crippen LogP contribution in [0.25, 0.3) is 11.2 Å². The minimum atomic E-state index is -5.60. The second-order valence-corrected chi connectivity index (χ2v) is 26.9. The Morgan fingerprint density at radius 2 is 1.27 bits per heavy atom. The molecule has 0 saturated carbocycles. The highest BCUT2D eigenvalue weighted by Crippen LogP contribution is 2.61. The van der Waals surface area contributed by atoms with Crippen molar-refractivity contribution in [1.82, 2.24) is 30.2 Å². The monoisotopic (exact) mass is 1290 g/mol. The van der Waals surface area contributed by atoms with Crippen molar-refractivity contribution in [2.24, 2.45) is 5.41 Å². The predicted octanol–water partition coefficient (Wildman–Crippen LogP) is 10.0. The highest BCUT2D eigenvalue weighted by molar-refractivity contribution is 8.13. The zero-order valence-corrected chi connectivity index (χ0v) is 53.5. The number of rotatable bonds is 48. The summed E-state index contributed by atoms with van der Waals surface area (Å²) in [5.41, 5.74) is 4.25. The Morgan fingerprint density at radius 1 is 0.733 bits per heavy atom. The summed E-state index contributed by atoms with van der Waals surface area (Å²) in [5, 5.41) is 26.3. The molecule has 0 bridgehead atoms. The molecule has 1 aliphatic rings. The SMILES string of the molecule is CC/C=C\C/C=C\C/C=C\C/C=C\C/C=C\CCCCCCCCCCCCCCCCCC(=O)CC(=O)SCCNC(=O)CCNC(=O)[C@H](O)C(C)(C)COP(=O)(O)OP(=O)(O)OC[C@H]1O[C@@H](n2cnc3c(N)ncnc32)[C@H](O)[C@@H]1OP(=O)(O)O. The van der Waals surface area contributed by atoms with Crippen LogP contribution in [0, 0.1) is 5.41 Å². The molecule has 29 heteroatoms. The Hall–Kier alpha value is -4.07. The number of amides is 2. The molecule has 0 radical (unpaired) electrons. The van der Waals surface area contributed by atoms with Crippen LogP contribution in [0.5, 0.6) is 0 Å². The Balaban J connectivity index is 1.15. The van der Waals surface area contributed by atoms with Crippen LogP contribution in [0.1, 0.15) is 181 Å². The molecule has 2 aromatic heterocycles. The van der Waals surface area contributed by atoms with Crippen molar-refractivity contribution >= 4 is 74.9 Å². The Kier molecular flexibility index (Phi) is 37.2. The first-order valence-corrected chi connectivity index (χ1v) is 35.3. The quantitative estimate of drug-likeness (QED) is 0.0129. The maximum atomic E-state index is 12.8. The second kappa shape index (κ2) is 42.0. The van der Waals surface area contributed by atoms with E-state index in [0.29, 0.717) is 6.42 Å². The number of anilines is 1. The van der Waals surface area contributed by atoms with Gasteiger partial charge in [-0.3, -0.25) is 37.3 Å². The molecule has 1 saturated heterocycles. The van der Waals surface area contributed by atoms with Crippen LogP contribution in [0.15, 0.2) is 73.4 Å². The molecule has 2 aromatic rings. The number of nitrogens with two attached hydrogens (primary N) is 1. The fourth-order valence-electron chi connectivity index (χ4n) is 8.85. The third-order valence-electron chi connectivity index (χ3n) is 13.6. The Morgan fingerprint density at radius 3 is 1.84 bits per heavy atom. The summed E-state index contributed by atoms with van der Waals surface area (Å²) in [6.07, 6.45) is 39.9. The average molecular weight is 1290 g/mol. The van der Waals surface area contributed by atoms with Crippen molar-refractivity contribution in [2.45, 2.75) is 206 Å². The minimum Gasteiger partial charge on any atom is -0.386 e. The zero-order chi connectivity index (χ0) is 63.3. The van der Waals surface area contributed by atoms with Gasteiger partial charge in [-0.1, -0.05) is 177 Å². The number of nitrogens with zero attached hydrogens (tertiary/aromatic N) is 4. The number of phosphoric acid groups is 3. The largest absolute Gasteiger partial charge is 0.481 e. The van der Waals surface area contributed by atoms with E-state index in [2.05, 4.69) is 102 Å². The number of nitrogen functional groups attached to an aromatic ring is 1. The lowest BCUT2D eigenvalue weighted by molar-refractivity contribution is -0.137. The molecule has 3 rings (SSSR count). The van der Waals surface area contributed by atoms with Crippen LogP contribution in [0.2, 0.25) is 0 Å². The molecule has 7 atom stereocenters. The van der Waals surface area contributed by atoms with Crippen LogP contribution >= 0.6 is 35.2 Å². The van der Waals surface area contributed by atoms with Gasteiger partial charge >= 0.3 is 23.5 Å². The number of carbonyl (C=O) groups excluding carboxylic acids is 4. The normalized spacial score (nSPS) is 18.7. The molecule has 1 aliphatic heterocycles. The predicted molar refractivity (Wildman–Crippen MR) is 330 cm³/mol. The van der Waals surface area contributed by atoms with Crippen LogP contribution < -0.4 is 16.4 Å². The first-order valence-electron chi connectivity index (χ1n) is 29.8. The van der Waals surface area contributed by atoms with Crippen LogP contribution in [-0.2, 0) is 55.5 Å². The van der Waals surface area contributed by atoms with Gasteiger partial charge in [0.25, 0.3) is 0 Å². The minimum absolute atomic E-state index is 0.0258. The highest BCUT2D eigenvalue weighted by Gasteiger charge is 2.50. The van der Waals surface area contributed by atoms with Gasteiger partial charge in [0.2, 0.25) is 11.8 Å². The second-order valence-electron chi connectivity index (χ2n) is 21.6. The first kappa shape index (κ1) is 76.2.